The summed E-state index contributed by atoms with van der Waals surface area (Å²) < 4.78 is 11.8. The van der Waals surface area contributed by atoms with Gasteiger partial charge in [-0.1, -0.05) is 65.7 Å². The van der Waals surface area contributed by atoms with E-state index < -0.39 is 0 Å². The van der Waals surface area contributed by atoms with Crippen LogP contribution in [0, 0.1) is 11.8 Å². The Morgan fingerprint density at radius 1 is 1.04 bits per heavy atom. The molecule has 0 N–H and O–H groups in total. The highest BCUT2D eigenvalue weighted by Gasteiger charge is 2.50. The molecule has 4 rings (SSSR count). The van der Waals surface area contributed by atoms with Crippen molar-refractivity contribution in [2.45, 2.75) is 25.0 Å². The molecule has 1 aliphatic heterocycles. The van der Waals surface area contributed by atoms with E-state index in [-0.39, 0.29) is 34.5 Å². The van der Waals surface area contributed by atoms with Gasteiger partial charge in [0, 0.05) is 30.6 Å². The second-order valence-electron chi connectivity index (χ2n) is 7.15. The van der Waals surface area contributed by atoms with Gasteiger partial charge in [0.1, 0.15) is 22.5 Å². The van der Waals surface area contributed by atoms with Gasteiger partial charge >= 0.3 is 5.97 Å². The molecule has 28 heavy (non-hydrogen) atoms. The van der Waals surface area contributed by atoms with Crippen LogP contribution >= 0.6 is 34.8 Å². The molecule has 2 aliphatic rings. The van der Waals surface area contributed by atoms with Gasteiger partial charge in [-0.3, -0.25) is 0 Å². The number of carbonyl (C=O) groups is 1. The first kappa shape index (κ1) is 19.6. The minimum absolute atomic E-state index is 0.0180. The molecule has 2 fully saturated rings. The van der Waals surface area contributed by atoms with Gasteiger partial charge in [-0.2, -0.15) is 0 Å². The Bertz CT molecular complexity index is 876. The zero-order valence-electron chi connectivity index (χ0n) is 15.0. The smallest absolute Gasteiger partial charge is 0.338 e. The lowest BCUT2D eigenvalue weighted by Crippen LogP contribution is -2.26. The number of carbonyl (C=O) groups excluding carboxylic acids is 1. The number of allylic oxidation sites excluding steroid dienone is 1. The largest absolute Gasteiger partial charge is 0.492 e. The van der Waals surface area contributed by atoms with Crippen LogP contribution in [0.2, 0.25) is 0 Å². The molecule has 0 amide bonds. The fourth-order valence-corrected chi connectivity index (χ4v) is 4.77. The first-order valence-corrected chi connectivity index (χ1v) is 10.5. The van der Waals surface area contributed by atoms with Crippen LogP contribution in [0.3, 0.4) is 0 Å². The fraction of sp³-hybridized carbons (Fsp3) is 0.318. The van der Waals surface area contributed by atoms with Gasteiger partial charge in [-0.25, -0.2) is 4.79 Å². The van der Waals surface area contributed by atoms with Crippen molar-refractivity contribution in [3.05, 3.63) is 70.4 Å². The lowest BCUT2D eigenvalue weighted by Gasteiger charge is -2.21. The molecular weight excluding hydrogens is 419 g/mol. The van der Waals surface area contributed by atoms with Crippen LogP contribution < -0.4 is 0 Å². The van der Waals surface area contributed by atoms with Crippen LogP contribution in [0.15, 0.2) is 64.8 Å². The molecule has 3 nitrogen and oxygen atoms in total. The first-order chi connectivity index (χ1) is 13.6. The Labute approximate surface area is 179 Å². The second kappa shape index (κ2) is 8.36. The third-order valence-electron chi connectivity index (χ3n) is 5.56. The van der Waals surface area contributed by atoms with Crippen molar-refractivity contribution >= 4 is 40.8 Å². The molecule has 1 saturated heterocycles. The first-order valence-electron chi connectivity index (χ1n) is 9.20. The average molecular weight is 438 g/mol. The number of rotatable bonds is 4. The van der Waals surface area contributed by atoms with Crippen molar-refractivity contribution in [3.8, 4) is 11.1 Å². The van der Waals surface area contributed by atoms with E-state index in [1.807, 2.05) is 42.5 Å². The Morgan fingerprint density at radius 2 is 1.71 bits per heavy atom. The van der Waals surface area contributed by atoms with E-state index in [1.54, 1.807) is 12.1 Å². The summed E-state index contributed by atoms with van der Waals surface area (Å²) in [6.45, 7) is 0. The van der Waals surface area contributed by atoms with Crippen LogP contribution in [-0.4, -0.2) is 24.1 Å². The van der Waals surface area contributed by atoms with Gasteiger partial charge in [-0.15, -0.1) is 11.6 Å². The Balaban J connectivity index is 1.43. The molecule has 146 valence electrons. The van der Waals surface area contributed by atoms with E-state index in [9.17, 15) is 4.79 Å². The van der Waals surface area contributed by atoms with Gasteiger partial charge in [-0.05, 0) is 23.3 Å². The molecule has 0 bridgehead atoms. The minimum Gasteiger partial charge on any atom is -0.492 e. The number of hydrogen-bond acceptors (Lipinski definition) is 3. The van der Waals surface area contributed by atoms with Crippen molar-refractivity contribution in [3.63, 3.8) is 0 Å². The van der Waals surface area contributed by atoms with E-state index in [0.29, 0.717) is 30.0 Å². The summed E-state index contributed by atoms with van der Waals surface area (Å²) in [4.78, 5) is 12.6. The number of halogens is 3. The predicted molar refractivity (Wildman–Crippen MR) is 112 cm³/mol. The maximum Gasteiger partial charge on any atom is 0.338 e. The molecule has 1 heterocycles. The fourth-order valence-electron chi connectivity index (χ4n) is 4.10. The van der Waals surface area contributed by atoms with E-state index in [0.717, 1.165) is 11.1 Å². The summed E-state index contributed by atoms with van der Waals surface area (Å²) in [5.41, 5.74) is 2.68. The maximum absolute atomic E-state index is 12.6. The van der Waals surface area contributed by atoms with Crippen LogP contribution in [0.1, 0.15) is 23.2 Å². The number of esters is 1. The molecule has 6 heteroatoms. The highest BCUT2D eigenvalue weighted by molar-refractivity contribution is 6.56. The standard InChI is InChI=1S/C22H19Cl3O3/c23-12-17-16-10-20(21(24)25)27-18(16)11-19(17)28-22(26)15-8-6-14(7-9-15)13-4-2-1-3-5-13/h1-9,16-19H,10-12H2/t16-,17+,18+,19-/m1/s1. The highest BCUT2D eigenvalue weighted by atomic mass is 35.5. The quantitative estimate of drug-likeness (QED) is 0.422. The molecule has 0 aromatic heterocycles. The summed E-state index contributed by atoms with van der Waals surface area (Å²) in [6.07, 6.45) is 0.888. The summed E-state index contributed by atoms with van der Waals surface area (Å²) in [6, 6.07) is 17.5. The van der Waals surface area contributed by atoms with Gasteiger partial charge in [0.25, 0.3) is 0 Å². The minimum atomic E-state index is -0.342. The molecular formula is C22H19Cl3O3. The SMILES string of the molecule is O=C(O[C@@H]1C[C@@H]2OC(=C(Cl)Cl)C[C@@H]2[C@@H]1CCl)c1ccc(-c2ccccc2)cc1. The van der Waals surface area contributed by atoms with Crippen molar-refractivity contribution in [1.29, 1.82) is 0 Å². The number of ether oxygens (including phenoxy) is 2. The normalized spacial score (nSPS) is 25.9. The van der Waals surface area contributed by atoms with Crippen molar-refractivity contribution in [2.24, 2.45) is 11.8 Å². The Kier molecular flexibility index (Phi) is 5.86. The van der Waals surface area contributed by atoms with Crippen molar-refractivity contribution in [1.82, 2.24) is 0 Å². The number of alkyl halides is 1. The summed E-state index contributed by atoms with van der Waals surface area (Å²) in [5.74, 6) is 0.839. The van der Waals surface area contributed by atoms with E-state index >= 15 is 0 Å². The van der Waals surface area contributed by atoms with Gasteiger partial charge in [0.15, 0.2) is 0 Å². The third kappa shape index (κ3) is 3.89. The average Bonchev–Trinajstić information content (AvgIpc) is 3.26. The monoisotopic (exact) mass is 436 g/mol. The highest BCUT2D eigenvalue weighted by Crippen LogP contribution is 2.48. The summed E-state index contributed by atoms with van der Waals surface area (Å²) >= 11 is 17.9. The van der Waals surface area contributed by atoms with Crippen LogP contribution in [0.25, 0.3) is 11.1 Å². The number of hydrogen-bond donors (Lipinski definition) is 0. The van der Waals surface area contributed by atoms with E-state index in [4.69, 9.17) is 44.3 Å². The molecule has 2 aromatic rings. The maximum atomic E-state index is 12.6. The van der Waals surface area contributed by atoms with Crippen LogP contribution in [0.5, 0.6) is 0 Å². The summed E-state index contributed by atoms with van der Waals surface area (Å²) in [7, 11) is 0. The summed E-state index contributed by atoms with van der Waals surface area (Å²) in [5, 5.41) is 0. The van der Waals surface area contributed by atoms with E-state index in [1.165, 1.54) is 0 Å². The molecule has 1 aliphatic carbocycles. The zero-order valence-corrected chi connectivity index (χ0v) is 17.3. The van der Waals surface area contributed by atoms with Crippen LogP contribution in [-0.2, 0) is 9.47 Å². The predicted octanol–water partition coefficient (Wildman–Crippen LogP) is 6.19. The lowest BCUT2D eigenvalue weighted by atomic mass is 9.93. The molecule has 0 spiro atoms. The molecule has 1 saturated carbocycles. The van der Waals surface area contributed by atoms with Crippen molar-refractivity contribution in [2.75, 3.05) is 5.88 Å². The van der Waals surface area contributed by atoms with Gasteiger partial charge in [0.2, 0.25) is 0 Å². The Hall–Kier alpha value is -1.68. The van der Waals surface area contributed by atoms with Crippen molar-refractivity contribution < 1.29 is 14.3 Å². The zero-order chi connectivity index (χ0) is 19.7. The molecule has 4 atom stereocenters. The molecule has 0 radical (unpaired) electrons. The molecule has 2 aromatic carbocycles. The van der Waals surface area contributed by atoms with Gasteiger partial charge in [0.05, 0.1) is 5.56 Å². The number of fused-ring (bicyclic) bond motifs is 1. The Morgan fingerprint density at radius 3 is 2.36 bits per heavy atom. The molecule has 0 unspecified atom stereocenters. The topological polar surface area (TPSA) is 35.5 Å². The number of benzene rings is 2. The lowest BCUT2D eigenvalue weighted by molar-refractivity contribution is 0.0178. The van der Waals surface area contributed by atoms with Gasteiger partial charge < -0.3 is 9.47 Å². The van der Waals surface area contributed by atoms with E-state index in [2.05, 4.69) is 0 Å². The second-order valence-corrected chi connectivity index (χ2v) is 8.41. The van der Waals surface area contributed by atoms with Crippen LogP contribution in [0.4, 0.5) is 0 Å². The third-order valence-corrected chi connectivity index (χ3v) is 6.34.